The highest BCUT2D eigenvalue weighted by atomic mass is 79.9. The topological polar surface area (TPSA) is 31.2 Å². The van der Waals surface area contributed by atoms with Gasteiger partial charge in [-0.1, -0.05) is 19.3 Å². The maximum absolute atomic E-state index is 12.2. The van der Waals surface area contributed by atoms with Crippen LogP contribution in [0.1, 0.15) is 50.5 Å². The summed E-state index contributed by atoms with van der Waals surface area (Å²) in [5.41, 5.74) is 1.01. The minimum atomic E-state index is 0.0985. The number of rotatable bonds is 2. The van der Waals surface area contributed by atoms with Crippen LogP contribution >= 0.6 is 15.9 Å². The van der Waals surface area contributed by atoms with E-state index in [1.54, 1.807) is 4.57 Å². The maximum atomic E-state index is 12.2. The molecule has 1 aromatic rings. The molecule has 1 aromatic heterocycles. The summed E-state index contributed by atoms with van der Waals surface area (Å²) in [6.45, 7) is 2.54. The first kappa shape index (κ1) is 14.3. The standard InChI is InChI=1S/C16H22BrNO2/c1-12-9-13(17)10-18(15(12)19)11-14-5-8-16(20-14)6-3-2-4-7-16/h9-10,14H,2-8,11H2,1H3. The van der Waals surface area contributed by atoms with E-state index >= 15 is 0 Å². The van der Waals surface area contributed by atoms with Crippen LogP contribution in [0.15, 0.2) is 21.5 Å². The molecule has 1 spiro atoms. The summed E-state index contributed by atoms with van der Waals surface area (Å²) in [4.78, 5) is 12.2. The van der Waals surface area contributed by atoms with Crippen LogP contribution in [-0.4, -0.2) is 16.3 Å². The number of aryl methyl sites for hydroxylation is 1. The molecule has 4 heteroatoms. The Morgan fingerprint density at radius 1 is 1.35 bits per heavy atom. The molecule has 0 N–H and O–H groups in total. The molecular formula is C16H22BrNO2. The van der Waals surface area contributed by atoms with Crippen molar-refractivity contribution < 1.29 is 4.74 Å². The minimum absolute atomic E-state index is 0.0985. The molecule has 0 amide bonds. The van der Waals surface area contributed by atoms with E-state index in [1.165, 1.54) is 38.5 Å². The van der Waals surface area contributed by atoms with E-state index in [-0.39, 0.29) is 17.3 Å². The van der Waals surface area contributed by atoms with Gasteiger partial charge in [-0.15, -0.1) is 0 Å². The molecule has 3 nitrogen and oxygen atoms in total. The van der Waals surface area contributed by atoms with Crippen LogP contribution in [0.4, 0.5) is 0 Å². The fourth-order valence-corrected chi connectivity index (χ4v) is 4.27. The van der Waals surface area contributed by atoms with Crippen LogP contribution in [0.5, 0.6) is 0 Å². The Morgan fingerprint density at radius 3 is 2.85 bits per heavy atom. The van der Waals surface area contributed by atoms with Crippen molar-refractivity contribution in [2.24, 2.45) is 0 Å². The molecule has 2 aliphatic rings. The summed E-state index contributed by atoms with van der Waals surface area (Å²) in [5.74, 6) is 0. The average molecular weight is 340 g/mol. The van der Waals surface area contributed by atoms with Crippen LogP contribution in [0.25, 0.3) is 0 Å². The van der Waals surface area contributed by atoms with Crippen LogP contribution in [0, 0.1) is 6.92 Å². The number of halogens is 1. The highest BCUT2D eigenvalue weighted by Gasteiger charge is 2.40. The number of nitrogens with zero attached hydrogens (tertiary/aromatic N) is 1. The minimum Gasteiger partial charge on any atom is -0.370 e. The van der Waals surface area contributed by atoms with Gasteiger partial charge < -0.3 is 9.30 Å². The smallest absolute Gasteiger partial charge is 0.253 e. The third-order valence-electron chi connectivity index (χ3n) is 4.74. The van der Waals surface area contributed by atoms with Gasteiger partial charge in [-0.3, -0.25) is 4.79 Å². The molecule has 3 rings (SSSR count). The molecule has 1 saturated heterocycles. The lowest BCUT2D eigenvalue weighted by Gasteiger charge is -2.33. The van der Waals surface area contributed by atoms with E-state index in [1.807, 2.05) is 19.2 Å². The van der Waals surface area contributed by atoms with Crippen molar-refractivity contribution in [2.45, 2.75) is 70.1 Å². The summed E-state index contributed by atoms with van der Waals surface area (Å²) >= 11 is 3.47. The summed E-state index contributed by atoms with van der Waals surface area (Å²) in [6, 6.07) is 1.87. The van der Waals surface area contributed by atoms with Crippen LogP contribution in [0.3, 0.4) is 0 Å². The first-order valence-corrected chi connectivity index (χ1v) is 8.42. The molecule has 2 heterocycles. The summed E-state index contributed by atoms with van der Waals surface area (Å²) in [6.07, 6.45) is 10.7. The molecule has 2 fully saturated rings. The molecule has 1 aliphatic carbocycles. The first-order chi connectivity index (χ1) is 9.58. The second-order valence-corrected chi connectivity index (χ2v) is 7.24. The van der Waals surface area contributed by atoms with E-state index < -0.39 is 0 Å². The third-order valence-corrected chi connectivity index (χ3v) is 5.17. The van der Waals surface area contributed by atoms with Gasteiger partial charge in [0, 0.05) is 16.2 Å². The molecule has 1 aliphatic heterocycles. The van der Waals surface area contributed by atoms with E-state index in [2.05, 4.69) is 15.9 Å². The quantitative estimate of drug-likeness (QED) is 0.820. The zero-order valence-electron chi connectivity index (χ0n) is 12.0. The van der Waals surface area contributed by atoms with Gasteiger partial charge in [-0.25, -0.2) is 0 Å². The third kappa shape index (κ3) is 2.86. The van der Waals surface area contributed by atoms with Crippen molar-refractivity contribution in [2.75, 3.05) is 0 Å². The lowest BCUT2D eigenvalue weighted by atomic mass is 9.83. The van der Waals surface area contributed by atoms with Crippen molar-refractivity contribution in [3.05, 3.63) is 32.7 Å². The van der Waals surface area contributed by atoms with Gasteiger partial charge in [0.25, 0.3) is 5.56 Å². The number of aromatic nitrogens is 1. The lowest BCUT2D eigenvalue weighted by molar-refractivity contribution is -0.0682. The molecule has 110 valence electrons. The van der Waals surface area contributed by atoms with E-state index in [9.17, 15) is 4.79 Å². The normalized spacial score (nSPS) is 25.2. The zero-order valence-corrected chi connectivity index (χ0v) is 13.6. The van der Waals surface area contributed by atoms with Gasteiger partial charge in [0.05, 0.1) is 18.2 Å². The van der Waals surface area contributed by atoms with Gasteiger partial charge in [-0.05, 0) is 54.6 Å². The number of pyridine rings is 1. The van der Waals surface area contributed by atoms with Crippen molar-refractivity contribution >= 4 is 15.9 Å². The van der Waals surface area contributed by atoms with Gasteiger partial charge in [0.2, 0.25) is 0 Å². The Morgan fingerprint density at radius 2 is 2.10 bits per heavy atom. The maximum Gasteiger partial charge on any atom is 0.253 e. The van der Waals surface area contributed by atoms with Crippen molar-refractivity contribution in [1.82, 2.24) is 4.57 Å². The second-order valence-electron chi connectivity index (χ2n) is 6.32. The summed E-state index contributed by atoms with van der Waals surface area (Å²) < 4.78 is 9.11. The van der Waals surface area contributed by atoms with Crippen LogP contribution in [0.2, 0.25) is 0 Å². The predicted molar refractivity (Wildman–Crippen MR) is 83.1 cm³/mol. The molecule has 1 saturated carbocycles. The second kappa shape index (κ2) is 5.64. The molecule has 0 aromatic carbocycles. The Kier molecular flexibility index (Phi) is 4.04. The van der Waals surface area contributed by atoms with Crippen molar-refractivity contribution in [1.29, 1.82) is 0 Å². The number of hydrogen-bond donors (Lipinski definition) is 0. The molecule has 20 heavy (non-hydrogen) atoms. The SMILES string of the molecule is Cc1cc(Br)cn(CC2CCC3(CCCCC3)O2)c1=O. The van der Waals surface area contributed by atoms with Crippen molar-refractivity contribution in [3.8, 4) is 0 Å². The molecular weight excluding hydrogens is 318 g/mol. The Hall–Kier alpha value is -0.610. The largest absolute Gasteiger partial charge is 0.370 e. The zero-order chi connectivity index (χ0) is 14.2. The van der Waals surface area contributed by atoms with E-state index in [4.69, 9.17) is 4.74 Å². The molecule has 1 unspecified atom stereocenters. The average Bonchev–Trinajstić information content (AvgIpc) is 2.79. The van der Waals surface area contributed by atoms with Crippen LogP contribution < -0.4 is 5.56 Å². The Labute approximate surface area is 128 Å². The predicted octanol–water partition coefficient (Wildman–Crippen LogP) is 3.80. The Bertz CT molecular complexity index is 546. The van der Waals surface area contributed by atoms with Gasteiger partial charge >= 0.3 is 0 Å². The highest BCUT2D eigenvalue weighted by Crippen LogP contribution is 2.42. The lowest BCUT2D eigenvalue weighted by Crippen LogP contribution is -2.34. The fraction of sp³-hybridized carbons (Fsp3) is 0.688. The number of ether oxygens (including phenoxy) is 1. The fourth-order valence-electron chi connectivity index (χ4n) is 3.68. The Balaban J connectivity index is 1.72. The van der Waals surface area contributed by atoms with E-state index in [0.29, 0.717) is 6.54 Å². The van der Waals surface area contributed by atoms with E-state index in [0.717, 1.165) is 16.5 Å². The van der Waals surface area contributed by atoms with Crippen LogP contribution in [-0.2, 0) is 11.3 Å². The monoisotopic (exact) mass is 339 g/mol. The summed E-state index contributed by atoms with van der Waals surface area (Å²) in [7, 11) is 0. The highest BCUT2D eigenvalue weighted by molar-refractivity contribution is 9.10. The number of hydrogen-bond acceptors (Lipinski definition) is 2. The summed E-state index contributed by atoms with van der Waals surface area (Å²) in [5, 5.41) is 0. The molecule has 1 atom stereocenters. The van der Waals surface area contributed by atoms with Gasteiger partial charge in [-0.2, -0.15) is 0 Å². The van der Waals surface area contributed by atoms with Crippen molar-refractivity contribution in [3.63, 3.8) is 0 Å². The van der Waals surface area contributed by atoms with Gasteiger partial charge in [0.15, 0.2) is 0 Å². The first-order valence-electron chi connectivity index (χ1n) is 7.62. The molecule has 0 radical (unpaired) electrons. The van der Waals surface area contributed by atoms with Gasteiger partial charge in [0.1, 0.15) is 0 Å². The molecule has 0 bridgehead atoms.